The lowest BCUT2D eigenvalue weighted by molar-refractivity contribution is 0.449. The maximum Gasteiger partial charge on any atom is 0.105 e. The number of nitrogens with one attached hydrogen (secondary N) is 1. The molecule has 0 aliphatic carbocycles. The fourth-order valence-corrected chi connectivity index (χ4v) is 2.47. The molecule has 0 aliphatic rings. The molecule has 0 saturated carbocycles. The van der Waals surface area contributed by atoms with Crippen molar-refractivity contribution in [1.82, 2.24) is 5.32 Å². The van der Waals surface area contributed by atoms with Crippen LogP contribution < -0.4 is 5.32 Å². The minimum Gasteiger partial charge on any atom is -0.469 e. The first kappa shape index (κ1) is 14.4. The van der Waals surface area contributed by atoms with Gasteiger partial charge in [-0.15, -0.1) is 0 Å². The van der Waals surface area contributed by atoms with Gasteiger partial charge in [-0.05, 0) is 36.7 Å². The Bertz CT molecular complexity index is 511. The third-order valence-corrected chi connectivity index (χ3v) is 3.82. The number of hydrogen-bond donors (Lipinski definition) is 1. The Morgan fingerprint density at radius 3 is 2.74 bits per heavy atom. The van der Waals surface area contributed by atoms with Gasteiger partial charge in [-0.3, -0.25) is 0 Å². The third kappa shape index (κ3) is 3.75. The predicted octanol–water partition coefficient (Wildman–Crippen LogP) is 4.87. The molecule has 0 bridgehead atoms. The summed E-state index contributed by atoms with van der Waals surface area (Å²) < 4.78 is 5.42. The number of hydrogen-bond acceptors (Lipinski definition) is 2. The Morgan fingerprint density at radius 1 is 1.21 bits per heavy atom. The summed E-state index contributed by atoms with van der Waals surface area (Å²) in [6, 6.07) is 9.70. The van der Waals surface area contributed by atoms with E-state index in [0.29, 0.717) is 10.0 Å². The van der Waals surface area contributed by atoms with Gasteiger partial charge in [0.2, 0.25) is 0 Å². The van der Waals surface area contributed by atoms with Crippen LogP contribution in [0.1, 0.15) is 30.7 Å². The molecule has 0 fully saturated rings. The summed E-state index contributed by atoms with van der Waals surface area (Å²) in [4.78, 5) is 0. The van der Waals surface area contributed by atoms with Crippen LogP contribution >= 0.6 is 23.2 Å². The number of benzene rings is 1. The maximum absolute atomic E-state index is 6.30. The van der Waals surface area contributed by atoms with Gasteiger partial charge in [0.25, 0.3) is 0 Å². The van der Waals surface area contributed by atoms with E-state index >= 15 is 0 Å². The summed E-state index contributed by atoms with van der Waals surface area (Å²) in [7, 11) is 0. The van der Waals surface area contributed by atoms with E-state index < -0.39 is 0 Å². The second-order valence-electron chi connectivity index (χ2n) is 4.43. The van der Waals surface area contributed by atoms with Gasteiger partial charge in [-0.1, -0.05) is 42.3 Å². The van der Waals surface area contributed by atoms with Crippen molar-refractivity contribution in [2.24, 2.45) is 0 Å². The van der Waals surface area contributed by atoms with Crippen LogP contribution in [0, 0.1) is 0 Å². The Morgan fingerprint density at radius 2 is 2.05 bits per heavy atom. The lowest BCUT2D eigenvalue weighted by Crippen LogP contribution is -2.24. The third-order valence-electron chi connectivity index (χ3n) is 2.98. The quantitative estimate of drug-likeness (QED) is 0.823. The molecule has 1 aromatic heterocycles. The summed E-state index contributed by atoms with van der Waals surface area (Å²) in [5.74, 6) is 0.935. The molecule has 1 heterocycles. The van der Waals surface area contributed by atoms with Gasteiger partial charge in [0, 0.05) is 12.5 Å². The van der Waals surface area contributed by atoms with Crippen molar-refractivity contribution in [3.05, 3.63) is 58.0 Å². The van der Waals surface area contributed by atoms with Crippen LogP contribution in [0.2, 0.25) is 10.0 Å². The topological polar surface area (TPSA) is 25.2 Å². The van der Waals surface area contributed by atoms with Crippen molar-refractivity contribution in [2.75, 3.05) is 6.54 Å². The van der Waals surface area contributed by atoms with Crippen LogP contribution in [-0.2, 0) is 6.42 Å². The summed E-state index contributed by atoms with van der Waals surface area (Å²) in [5, 5.41) is 4.69. The van der Waals surface area contributed by atoms with Crippen molar-refractivity contribution in [1.29, 1.82) is 0 Å². The Balaban J connectivity index is 2.23. The van der Waals surface area contributed by atoms with Crippen LogP contribution in [0.15, 0.2) is 41.0 Å². The fourth-order valence-electron chi connectivity index (χ4n) is 2.03. The lowest BCUT2D eigenvalue weighted by atomic mass is 10.0. The minimum atomic E-state index is 0.109. The number of rotatable bonds is 6. The van der Waals surface area contributed by atoms with Gasteiger partial charge in [0.05, 0.1) is 16.3 Å². The molecule has 102 valence electrons. The van der Waals surface area contributed by atoms with Gasteiger partial charge in [0.1, 0.15) is 5.76 Å². The standard InChI is InChI=1S/C15H17Cl2NO/c1-2-8-18-14(10-11-5-4-9-19-11)12-6-3-7-13(16)15(12)17/h3-7,9,14,18H,2,8,10H2,1H3. The molecule has 1 atom stereocenters. The Labute approximate surface area is 123 Å². The molecule has 1 N–H and O–H groups in total. The van der Waals surface area contributed by atoms with E-state index in [9.17, 15) is 0 Å². The van der Waals surface area contributed by atoms with Crippen LogP contribution in [0.25, 0.3) is 0 Å². The fraction of sp³-hybridized carbons (Fsp3) is 0.333. The summed E-state index contributed by atoms with van der Waals surface area (Å²) in [6.45, 7) is 3.06. The van der Waals surface area contributed by atoms with Crippen LogP contribution in [-0.4, -0.2) is 6.54 Å². The first-order valence-electron chi connectivity index (χ1n) is 6.42. The molecule has 1 unspecified atom stereocenters. The smallest absolute Gasteiger partial charge is 0.105 e. The molecule has 4 heteroatoms. The maximum atomic E-state index is 6.30. The Hall–Kier alpha value is -0.960. The van der Waals surface area contributed by atoms with E-state index in [-0.39, 0.29) is 6.04 Å². The highest BCUT2D eigenvalue weighted by atomic mass is 35.5. The molecular formula is C15H17Cl2NO. The normalized spacial score (nSPS) is 12.6. The van der Waals surface area contributed by atoms with E-state index in [0.717, 1.165) is 30.7 Å². The highest BCUT2D eigenvalue weighted by Crippen LogP contribution is 2.31. The van der Waals surface area contributed by atoms with Gasteiger partial charge >= 0.3 is 0 Å². The second-order valence-corrected chi connectivity index (χ2v) is 5.22. The van der Waals surface area contributed by atoms with E-state index in [1.165, 1.54) is 0 Å². The molecule has 0 saturated heterocycles. The Kier molecular flexibility index (Phi) is 5.32. The molecule has 1 aromatic carbocycles. The zero-order valence-electron chi connectivity index (χ0n) is 10.8. The van der Waals surface area contributed by atoms with Crippen LogP contribution in [0.3, 0.4) is 0 Å². The average Bonchev–Trinajstić information content (AvgIpc) is 2.91. The molecule has 2 rings (SSSR count). The van der Waals surface area contributed by atoms with E-state index in [1.807, 2.05) is 24.3 Å². The SMILES string of the molecule is CCCNC(Cc1ccco1)c1cccc(Cl)c1Cl. The largest absolute Gasteiger partial charge is 0.469 e. The minimum absolute atomic E-state index is 0.109. The predicted molar refractivity (Wildman–Crippen MR) is 79.9 cm³/mol. The molecule has 0 radical (unpaired) electrons. The van der Waals surface area contributed by atoms with Crippen LogP contribution in [0.5, 0.6) is 0 Å². The van der Waals surface area contributed by atoms with Crippen molar-refractivity contribution in [3.63, 3.8) is 0 Å². The van der Waals surface area contributed by atoms with Gasteiger partial charge in [-0.25, -0.2) is 0 Å². The molecule has 0 aliphatic heterocycles. The molecule has 2 nitrogen and oxygen atoms in total. The summed E-state index contributed by atoms with van der Waals surface area (Å²) in [6.07, 6.45) is 3.51. The van der Waals surface area contributed by atoms with E-state index in [1.54, 1.807) is 12.3 Å². The van der Waals surface area contributed by atoms with Gasteiger partial charge in [-0.2, -0.15) is 0 Å². The zero-order valence-corrected chi connectivity index (χ0v) is 12.3. The van der Waals surface area contributed by atoms with Crippen molar-refractivity contribution in [2.45, 2.75) is 25.8 Å². The van der Waals surface area contributed by atoms with E-state index in [4.69, 9.17) is 27.6 Å². The van der Waals surface area contributed by atoms with Crippen molar-refractivity contribution >= 4 is 23.2 Å². The van der Waals surface area contributed by atoms with Crippen molar-refractivity contribution in [3.8, 4) is 0 Å². The van der Waals surface area contributed by atoms with Gasteiger partial charge in [0.15, 0.2) is 0 Å². The average molecular weight is 298 g/mol. The molecule has 0 spiro atoms. The molecule has 0 amide bonds. The van der Waals surface area contributed by atoms with E-state index in [2.05, 4.69) is 12.2 Å². The highest BCUT2D eigenvalue weighted by Gasteiger charge is 2.17. The lowest BCUT2D eigenvalue weighted by Gasteiger charge is -2.19. The molecular weight excluding hydrogens is 281 g/mol. The monoisotopic (exact) mass is 297 g/mol. The summed E-state index contributed by atoms with van der Waals surface area (Å²) >= 11 is 12.4. The molecule has 19 heavy (non-hydrogen) atoms. The zero-order chi connectivity index (χ0) is 13.7. The first-order chi connectivity index (χ1) is 9.22. The van der Waals surface area contributed by atoms with Crippen molar-refractivity contribution < 1.29 is 4.42 Å². The van der Waals surface area contributed by atoms with Crippen LogP contribution in [0.4, 0.5) is 0 Å². The first-order valence-corrected chi connectivity index (χ1v) is 7.17. The number of furan rings is 1. The molecule has 2 aromatic rings. The second kappa shape index (κ2) is 6.99. The summed E-state index contributed by atoms with van der Waals surface area (Å²) in [5.41, 5.74) is 1.01. The van der Waals surface area contributed by atoms with Gasteiger partial charge < -0.3 is 9.73 Å². The highest BCUT2D eigenvalue weighted by molar-refractivity contribution is 6.42. The number of halogens is 2.